The van der Waals surface area contributed by atoms with Gasteiger partial charge in [-0.1, -0.05) is 17.7 Å². The maximum Gasteiger partial charge on any atom is 0.338 e. The van der Waals surface area contributed by atoms with Crippen LogP contribution in [0, 0.1) is 0 Å². The molecule has 0 unspecified atom stereocenters. The van der Waals surface area contributed by atoms with Crippen molar-refractivity contribution < 1.29 is 27.2 Å². The summed E-state index contributed by atoms with van der Waals surface area (Å²) in [6, 6.07) is 15.0. The van der Waals surface area contributed by atoms with Crippen LogP contribution >= 0.6 is 11.6 Å². The van der Waals surface area contributed by atoms with Gasteiger partial charge in [0.15, 0.2) is 6.10 Å². The van der Waals surface area contributed by atoms with E-state index in [0.29, 0.717) is 16.5 Å². The lowest BCUT2D eigenvalue weighted by Gasteiger charge is -2.14. The zero-order chi connectivity index (χ0) is 22.4. The van der Waals surface area contributed by atoms with Gasteiger partial charge in [0, 0.05) is 10.7 Å². The van der Waals surface area contributed by atoms with E-state index in [9.17, 15) is 18.0 Å². The van der Waals surface area contributed by atoms with Crippen LogP contribution in [0.15, 0.2) is 76.2 Å². The molecule has 0 spiro atoms. The average molecular weight is 463 g/mol. The first-order valence-electron chi connectivity index (χ1n) is 9.14. The monoisotopic (exact) mass is 462 g/mol. The molecular weight excluding hydrogens is 444 g/mol. The number of carbonyl (C=O) groups excluding carboxylic acids is 2. The largest absolute Gasteiger partial charge is 0.468 e. The molecule has 0 aliphatic heterocycles. The normalized spacial score (nSPS) is 12.2. The minimum absolute atomic E-state index is 0.00161. The number of rotatable bonds is 8. The highest BCUT2D eigenvalue weighted by molar-refractivity contribution is 7.89. The van der Waals surface area contributed by atoms with Crippen LogP contribution in [0.25, 0.3) is 0 Å². The zero-order valence-corrected chi connectivity index (χ0v) is 17.9. The SMILES string of the molecule is C[C@@H](OC(=O)c1ccc(S(=O)(=O)NCc2ccco2)cc1)C(=O)Nc1cccc(Cl)c1. The van der Waals surface area contributed by atoms with E-state index in [1.165, 1.54) is 37.5 Å². The third-order valence-electron chi connectivity index (χ3n) is 4.16. The molecule has 1 heterocycles. The van der Waals surface area contributed by atoms with Gasteiger partial charge in [-0.3, -0.25) is 4.79 Å². The van der Waals surface area contributed by atoms with Crippen molar-refractivity contribution in [2.45, 2.75) is 24.5 Å². The number of hydrogen-bond donors (Lipinski definition) is 2. The first-order chi connectivity index (χ1) is 14.7. The molecule has 1 atom stereocenters. The number of ether oxygens (including phenoxy) is 1. The Morgan fingerprint density at radius 1 is 1.10 bits per heavy atom. The molecule has 1 aromatic heterocycles. The Morgan fingerprint density at radius 3 is 2.48 bits per heavy atom. The molecule has 3 rings (SSSR count). The average Bonchev–Trinajstić information content (AvgIpc) is 3.26. The topological polar surface area (TPSA) is 115 Å². The van der Waals surface area contributed by atoms with Crippen LogP contribution in [-0.4, -0.2) is 26.4 Å². The van der Waals surface area contributed by atoms with Crippen LogP contribution in [0.5, 0.6) is 0 Å². The van der Waals surface area contributed by atoms with E-state index in [4.69, 9.17) is 20.8 Å². The fraction of sp³-hybridized carbons (Fsp3) is 0.143. The molecule has 2 N–H and O–H groups in total. The first-order valence-corrected chi connectivity index (χ1v) is 11.0. The Bertz CT molecular complexity index is 1160. The molecular formula is C21H19ClN2O6S. The Labute approximate surface area is 184 Å². The summed E-state index contributed by atoms with van der Waals surface area (Å²) in [6.07, 6.45) is 0.366. The van der Waals surface area contributed by atoms with Gasteiger partial charge >= 0.3 is 5.97 Å². The molecule has 0 radical (unpaired) electrons. The van der Waals surface area contributed by atoms with E-state index < -0.39 is 28.0 Å². The van der Waals surface area contributed by atoms with Gasteiger partial charge in [0.05, 0.1) is 23.3 Å². The zero-order valence-electron chi connectivity index (χ0n) is 16.4. The van der Waals surface area contributed by atoms with Crippen LogP contribution < -0.4 is 10.0 Å². The molecule has 2 aromatic carbocycles. The number of furan rings is 1. The van der Waals surface area contributed by atoms with E-state index >= 15 is 0 Å². The maximum absolute atomic E-state index is 12.3. The van der Waals surface area contributed by atoms with Gasteiger partial charge < -0.3 is 14.5 Å². The quantitative estimate of drug-likeness (QED) is 0.494. The lowest BCUT2D eigenvalue weighted by Crippen LogP contribution is -2.30. The summed E-state index contributed by atoms with van der Waals surface area (Å²) in [4.78, 5) is 24.5. The van der Waals surface area contributed by atoms with Crippen molar-refractivity contribution in [1.82, 2.24) is 4.72 Å². The highest BCUT2D eigenvalue weighted by Gasteiger charge is 2.20. The van der Waals surface area contributed by atoms with Gasteiger partial charge in [-0.15, -0.1) is 0 Å². The smallest absolute Gasteiger partial charge is 0.338 e. The van der Waals surface area contributed by atoms with Gasteiger partial charge in [0.2, 0.25) is 10.0 Å². The number of amides is 1. The van der Waals surface area contributed by atoms with Crippen LogP contribution in [-0.2, 0) is 26.1 Å². The van der Waals surface area contributed by atoms with Crippen molar-refractivity contribution >= 4 is 39.2 Å². The summed E-state index contributed by atoms with van der Waals surface area (Å²) < 4.78 is 37.3. The van der Waals surface area contributed by atoms with Crippen molar-refractivity contribution in [3.63, 3.8) is 0 Å². The van der Waals surface area contributed by atoms with E-state index in [-0.39, 0.29) is 17.0 Å². The van der Waals surface area contributed by atoms with Crippen LogP contribution in [0.1, 0.15) is 23.0 Å². The minimum Gasteiger partial charge on any atom is -0.468 e. The van der Waals surface area contributed by atoms with Crippen molar-refractivity contribution in [2.24, 2.45) is 0 Å². The first kappa shape index (κ1) is 22.5. The number of carbonyl (C=O) groups is 2. The summed E-state index contributed by atoms with van der Waals surface area (Å²) in [5.41, 5.74) is 0.574. The third-order valence-corrected chi connectivity index (χ3v) is 5.81. The number of anilines is 1. The number of halogens is 1. The van der Waals surface area contributed by atoms with E-state index in [0.717, 1.165) is 0 Å². The highest BCUT2D eigenvalue weighted by atomic mass is 35.5. The van der Waals surface area contributed by atoms with E-state index in [1.807, 2.05) is 0 Å². The van der Waals surface area contributed by atoms with Crippen LogP contribution in [0.4, 0.5) is 5.69 Å². The second-order valence-electron chi connectivity index (χ2n) is 6.48. The second kappa shape index (κ2) is 9.78. The van der Waals surface area contributed by atoms with E-state index in [1.54, 1.807) is 36.4 Å². The predicted octanol–water partition coefficient (Wildman–Crippen LogP) is 3.60. The summed E-state index contributed by atoms with van der Waals surface area (Å²) in [5.74, 6) is -0.827. The lowest BCUT2D eigenvalue weighted by molar-refractivity contribution is -0.123. The number of nitrogens with one attached hydrogen (secondary N) is 2. The Balaban J connectivity index is 1.58. The molecule has 31 heavy (non-hydrogen) atoms. The Kier molecular flexibility index (Phi) is 7.11. The van der Waals surface area contributed by atoms with Crippen molar-refractivity contribution in [2.75, 3.05) is 5.32 Å². The molecule has 0 aliphatic rings. The minimum atomic E-state index is -3.79. The number of sulfonamides is 1. The Morgan fingerprint density at radius 2 is 1.84 bits per heavy atom. The molecule has 0 aliphatic carbocycles. The molecule has 1 amide bonds. The summed E-state index contributed by atoms with van der Waals surface area (Å²) in [7, 11) is -3.79. The molecule has 0 saturated heterocycles. The van der Waals surface area contributed by atoms with Gasteiger partial charge in [-0.2, -0.15) is 0 Å². The molecule has 8 nitrogen and oxygen atoms in total. The van der Waals surface area contributed by atoms with Crippen molar-refractivity contribution in [1.29, 1.82) is 0 Å². The molecule has 0 saturated carbocycles. The highest BCUT2D eigenvalue weighted by Crippen LogP contribution is 2.16. The number of benzene rings is 2. The van der Waals surface area contributed by atoms with Crippen LogP contribution in [0.3, 0.4) is 0 Å². The summed E-state index contributed by atoms with van der Waals surface area (Å²) >= 11 is 5.87. The van der Waals surface area contributed by atoms with Gasteiger partial charge in [-0.25, -0.2) is 17.9 Å². The fourth-order valence-corrected chi connectivity index (χ4v) is 3.71. The molecule has 0 bridgehead atoms. The molecule has 3 aromatic rings. The number of hydrogen-bond acceptors (Lipinski definition) is 6. The van der Waals surface area contributed by atoms with E-state index in [2.05, 4.69) is 10.0 Å². The second-order valence-corrected chi connectivity index (χ2v) is 8.68. The third kappa shape index (κ3) is 6.17. The van der Waals surface area contributed by atoms with Gasteiger partial charge in [0.1, 0.15) is 5.76 Å². The fourth-order valence-electron chi connectivity index (χ4n) is 2.53. The lowest BCUT2D eigenvalue weighted by atomic mass is 10.2. The number of esters is 1. The van der Waals surface area contributed by atoms with Crippen molar-refractivity contribution in [3.8, 4) is 0 Å². The van der Waals surface area contributed by atoms with Gasteiger partial charge in [0.25, 0.3) is 5.91 Å². The standard InChI is InChI=1S/C21H19ClN2O6S/c1-14(20(25)24-17-5-2-4-16(22)12-17)30-21(26)15-7-9-19(10-8-15)31(27,28)23-13-18-6-3-11-29-18/h2-12,14,23H,13H2,1H3,(H,24,25)/t14-/m1/s1. The molecule has 10 heteroatoms. The van der Waals surface area contributed by atoms with Gasteiger partial charge in [-0.05, 0) is 61.5 Å². The Hall–Kier alpha value is -3.14. The van der Waals surface area contributed by atoms with Crippen molar-refractivity contribution in [3.05, 3.63) is 83.3 Å². The summed E-state index contributed by atoms with van der Waals surface area (Å²) in [5, 5.41) is 3.05. The maximum atomic E-state index is 12.3. The predicted molar refractivity (Wildman–Crippen MR) is 114 cm³/mol. The van der Waals surface area contributed by atoms with Crippen LogP contribution in [0.2, 0.25) is 5.02 Å². The molecule has 162 valence electrons. The summed E-state index contributed by atoms with van der Waals surface area (Å²) in [6.45, 7) is 1.42. The molecule has 0 fully saturated rings.